The number of rotatable bonds is 3. The Kier molecular flexibility index (Phi) is 4.81. The normalized spacial score (nSPS) is 14.5. The molecule has 2 aromatic heterocycles. The molecule has 0 fully saturated rings. The molecule has 0 saturated carbocycles. The lowest BCUT2D eigenvalue weighted by Gasteiger charge is -2.29. The van der Waals surface area contributed by atoms with E-state index in [2.05, 4.69) is 20.5 Å². The molecule has 0 aliphatic carbocycles. The first-order chi connectivity index (χ1) is 13.1. The molecule has 4 rings (SSSR count). The van der Waals surface area contributed by atoms with Crippen molar-refractivity contribution in [3.8, 4) is 11.3 Å². The number of urea groups is 1. The molecule has 3 heterocycles. The Hall–Kier alpha value is -2.86. The average molecular weight is 382 g/mol. The van der Waals surface area contributed by atoms with E-state index in [1.807, 2.05) is 48.2 Å². The number of nitrogens with zero attached hydrogens (tertiary/aromatic N) is 3. The summed E-state index contributed by atoms with van der Waals surface area (Å²) in [6.07, 6.45) is 4.25. The minimum Gasteiger partial charge on any atom is -0.331 e. The molecular weight excluding hydrogens is 362 g/mol. The Labute approximate surface area is 162 Å². The largest absolute Gasteiger partial charge is 0.331 e. The summed E-state index contributed by atoms with van der Waals surface area (Å²) in [5.41, 5.74) is 5.02. The van der Waals surface area contributed by atoms with Crippen LogP contribution in [0, 0.1) is 0 Å². The number of benzene rings is 1. The van der Waals surface area contributed by atoms with Gasteiger partial charge in [-0.15, -0.1) is 0 Å². The third-order valence-electron chi connectivity index (χ3n) is 4.86. The van der Waals surface area contributed by atoms with Gasteiger partial charge in [-0.1, -0.05) is 23.7 Å². The Morgan fingerprint density at radius 2 is 2.11 bits per heavy atom. The Balaban J connectivity index is 1.49. The second-order valence-corrected chi connectivity index (χ2v) is 7.10. The van der Waals surface area contributed by atoms with E-state index in [1.165, 1.54) is 0 Å². The number of amides is 2. The summed E-state index contributed by atoms with van der Waals surface area (Å²) in [5.74, 6) is 0. The van der Waals surface area contributed by atoms with Crippen molar-refractivity contribution in [1.29, 1.82) is 0 Å². The summed E-state index contributed by atoms with van der Waals surface area (Å²) in [4.78, 5) is 18.7. The first kappa shape index (κ1) is 17.5. The lowest BCUT2D eigenvalue weighted by atomic mass is 10.0. The fraction of sp³-hybridized carbons (Fsp3) is 0.250. The standard InChI is InChI=1S/C20H20ClN5O/c1-13(15-3-2-4-16(21)11-15)23-20(27)26-10-7-18-17(12-26)19(25-24-18)14-5-8-22-9-6-14/h2-6,8-9,11,13H,7,10,12H2,1H3,(H,23,27)(H,24,25)/t13-/m1/s1. The minimum atomic E-state index is -0.124. The lowest BCUT2D eigenvalue weighted by molar-refractivity contribution is 0.189. The number of carbonyl (C=O) groups is 1. The topological polar surface area (TPSA) is 73.9 Å². The van der Waals surface area contributed by atoms with Gasteiger partial charge in [0.05, 0.1) is 18.3 Å². The van der Waals surface area contributed by atoms with Crippen molar-refractivity contribution >= 4 is 17.6 Å². The van der Waals surface area contributed by atoms with Crippen LogP contribution in [0.2, 0.25) is 5.02 Å². The van der Waals surface area contributed by atoms with Gasteiger partial charge in [0.15, 0.2) is 0 Å². The van der Waals surface area contributed by atoms with Crippen molar-refractivity contribution in [1.82, 2.24) is 25.4 Å². The zero-order valence-electron chi connectivity index (χ0n) is 14.9. The number of hydrogen-bond donors (Lipinski definition) is 2. The highest BCUT2D eigenvalue weighted by Gasteiger charge is 2.26. The number of aromatic amines is 1. The summed E-state index contributed by atoms with van der Waals surface area (Å²) in [5, 5.41) is 11.3. The van der Waals surface area contributed by atoms with Crippen LogP contribution in [0.15, 0.2) is 48.8 Å². The third-order valence-corrected chi connectivity index (χ3v) is 5.10. The van der Waals surface area contributed by atoms with E-state index in [1.54, 1.807) is 12.4 Å². The van der Waals surface area contributed by atoms with Gasteiger partial charge in [-0.3, -0.25) is 10.1 Å². The molecule has 2 amide bonds. The highest BCUT2D eigenvalue weighted by atomic mass is 35.5. The molecule has 0 bridgehead atoms. The Bertz CT molecular complexity index is 956. The van der Waals surface area contributed by atoms with Crippen molar-refractivity contribution in [2.24, 2.45) is 0 Å². The summed E-state index contributed by atoms with van der Waals surface area (Å²) in [6.45, 7) is 3.13. The predicted octanol–water partition coefficient (Wildman–Crippen LogP) is 3.95. The number of aromatic nitrogens is 3. The summed E-state index contributed by atoms with van der Waals surface area (Å²) in [7, 11) is 0. The molecule has 2 N–H and O–H groups in total. The van der Waals surface area contributed by atoms with Crippen LogP contribution in [-0.4, -0.2) is 32.7 Å². The molecule has 1 aromatic carbocycles. The van der Waals surface area contributed by atoms with Gasteiger partial charge < -0.3 is 10.2 Å². The number of carbonyl (C=O) groups excluding carboxylic acids is 1. The van der Waals surface area contributed by atoms with Crippen LogP contribution >= 0.6 is 11.6 Å². The SMILES string of the molecule is C[C@@H](NC(=O)N1CCc2[nH]nc(-c3ccncc3)c2C1)c1cccc(Cl)c1. The number of halogens is 1. The molecular formula is C20H20ClN5O. The van der Waals surface area contributed by atoms with Crippen LogP contribution in [0.1, 0.15) is 29.8 Å². The number of nitrogens with one attached hydrogen (secondary N) is 2. The molecule has 3 aromatic rings. The van der Waals surface area contributed by atoms with E-state index in [0.29, 0.717) is 18.1 Å². The first-order valence-corrected chi connectivity index (χ1v) is 9.27. The molecule has 0 spiro atoms. The lowest BCUT2D eigenvalue weighted by Crippen LogP contribution is -2.43. The molecule has 1 atom stereocenters. The smallest absolute Gasteiger partial charge is 0.318 e. The van der Waals surface area contributed by atoms with Crippen LogP contribution in [0.3, 0.4) is 0 Å². The zero-order chi connectivity index (χ0) is 18.8. The van der Waals surface area contributed by atoms with Crippen molar-refractivity contribution < 1.29 is 4.79 Å². The second kappa shape index (κ2) is 7.40. The highest BCUT2D eigenvalue weighted by Crippen LogP contribution is 2.28. The maximum Gasteiger partial charge on any atom is 0.318 e. The van der Waals surface area contributed by atoms with E-state index in [4.69, 9.17) is 11.6 Å². The minimum absolute atomic E-state index is 0.0880. The molecule has 0 radical (unpaired) electrons. The van der Waals surface area contributed by atoms with Gasteiger partial charge >= 0.3 is 6.03 Å². The predicted molar refractivity (Wildman–Crippen MR) is 104 cm³/mol. The van der Waals surface area contributed by atoms with Gasteiger partial charge in [-0.2, -0.15) is 5.10 Å². The first-order valence-electron chi connectivity index (χ1n) is 8.89. The highest BCUT2D eigenvalue weighted by molar-refractivity contribution is 6.30. The van der Waals surface area contributed by atoms with Crippen LogP contribution in [-0.2, 0) is 13.0 Å². The van der Waals surface area contributed by atoms with E-state index in [9.17, 15) is 4.79 Å². The number of hydrogen-bond acceptors (Lipinski definition) is 3. The van der Waals surface area contributed by atoms with Crippen LogP contribution < -0.4 is 5.32 Å². The van der Waals surface area contributed by atoms with Gasteiger partial charge in [-0.05, 0) is 36.8 Å². The van der Waals surface area contributed by atoms with Crippen molar-refractivity contribution in [3.05, 3.63) is 70.6 Å². The monoisotopic (exact) mass is 381 g/mol. The van der Waals surface area contributed by atoms with E-state index in [0.717, 1.165) is 34.5 Å². The fourth-order valence-corrected chi connectivity index (χ4v) is 3.55. The van der Waals surface area contributed by atoms with Crippen LogP contribution in [0.25, 0.3) is 11.3 Å². The molecule has 1 aliphatic heterocycles. The fourth-order valence-electron chi connectivity index (χ4n) is 3.35. The van der Waals surface area contributed by atoms with Crippen molar-refractivity contribution in [2.45, 2.75) is 25.9 Å². The maximum atomic E-state index is 12.8. The van der Waals surface area contributed by atoms with Gasteiger partial charge in [-0.25, -0.2) is 4.79 Å². The van der Waals surface area contributed by atoms with E-state index < -0.39 is 0 Å². The van der Waals surface area contributed by atoms with E-state index in [-0.39, 0.29) is 12.1 Å². The zero-order valence-corrected chi connectivity index (χ0v) is 15.7. The molecule has 0 unspecified atom stereocenters. The Morgan fingerprint density at radius 1 is 1.30 bits per heavy atom. The van der Waals surface area contributed by atoms with Gasteiger partial charge in [0.2, 0.25) is 0 Å². The van der Waals surface area contributed by atoms with Crippen molar-refractivity contribution in [3.63, 3.8) is 0 Å². The third kappa shape index (κ3) is 3.66. The van der Waals surface area contributed by atoms with Crippen molar-refractivity contribution in [2.75, 3.05) is 6.54 Å². The van der Waals surface area contributed by atoms with Crippen LogP contribution in [0.4, 0.5) is 4.79 Å². The molecule has 138 valence electrons. The quantitative estimate of drug-likeness (QED) is 0.721. The van der Waals surface area contributed by atoms with E-state index >= 15 is 0 Å². The molecule has 1 aliphatic rings. The average Bonchev–Trinajstić information content (AvgIpc) is 3.12. The van der Waals surface area contributed by atoms with Crippen LogP contribution in [0.5, 0.6) is 0 Å². The van der Waals surface area contributed by atoms with Gasteiger partial charge in [0, 0.05) is 47.2 Å². The second-order valence-electron chi connectivity index (χ2n) is 6.66. The maximum absolute atomic E-state index is 12.8. The van der Waals surface area contributed by atoms with Gasteiger partial charge in [0.1, 0.15) is 0 Å². The summed E-state index contributed by atoms with van der Waals surface area (Å²) < 4.78 is 0. The molecule has 27 heavy (non-hydrogen) atoms. The Morgan fingerprint density at radius 3 is 2.89 bits per heavy atom. The number of pyridine rings is 1. The summed E-state index contributed by atoms with van der Waals surface area (Å²) in [6, 6.07) is 11.2. The molecule has 7 heteroatoms. The number of H-pyrrole nitrogens is 1. The number of fused-ring (bicyclic) bond motifs is 1. The van der Waals surface area contributed by atoms with Gasteiger partial charge in [0.25, 0.3) is 0 Å². The molecule has 0 saturated heterocycles. The molecule has 6 nitrogen and oxygen atoms in total. The summed E-state index contributed by atoms with van der Waals surface area (Å²) >= 11 is 6.06.